The summed E-state index contributed by atoms with van der Waals surface area (Å²) < 4.78 is 13.2. The summed E-state index contributed by atoms with van der Waals surface area (Å²) in [7, 11) is 0. The summed E-state index contributed by atoms with van der Waals surface area (Å²) in [5.41, 5.74) is 2.64. The lowest BCUT2D eigenvalue weighted by molar-refractivity contribution is 0.0208. The van der Waals surface area contributed by atoms with Crippen LogP contribution in [0.1, 0.15) is 24.2 Å². The van der Waals surface area contributed by atoms with Gasteiger partial charge in [0, 0.05) is 5.56 Å². The van der Waals surface area contributed by atoms with Crippen molar-refractivity contribution in [2.75, 3.05) is 6.61 Å². The van der Waals surface area contributed by atoms with E-state index in [0.717, 1.165) is 0 Å². The van der Waals surface area contributed by atoms with Crippen LogP contribution >= 0.6 is 15.9 Å². The van der Waals surface area contributed by atoms with Crippen molar-refractivity contribution in [1.82, 2.24) is 5.48 Å². The molecule has 0 saturated heterocycles. The van der Waals surface area contributed by atoms with E-state index in [-0.39, 0.29) is 10.4 Å². The molecule has 3 nitrogen and oxygen atoms in total. The zero-order valence-electron chi connectivity index (χ0n) is 9.09. The molecule has 0 aromatic heterocycles. The van der Waals surface area contributed by atoms with Gasteiger partial charge in [0.1, 0.15) is 5.82 Å². The number of benzene rings is 1. The van der Waals surface area contributed by atoms with Crippen LogP contribution in [0.15, 0.2) is 22.7 Å². The van der Waals surface area contributed by atoms with Crippen LogP contribution in [0.4, 0.5) is 4.39 Å². The second kappa shape index (κ2) is 5.96. The van der Waals surface area contributed by atoms with Gasteiger partial charge in [-0.25, -0.2) is 9.87 Å². The van der Waals surface area contributed by atoms with E-state index in [9.17, 15) is 9.18 Å². The summed E-state index contributed by atoms with van der Waals surface area (Å²) in [6.45, 7) is 4.38. The van der Waals surface area contributed by atoms with Crippen molar-refractivity contribution in [3.8, 4) is 0 Å². The Bertz CT molecular complexity index is 382. The smallest absolute Gasteiger partial charge is 0.273 e. The second-order valence-electron chi connectivity index (χ2n) is 3.76. The highest BCUT2D eigenvalue weighted by molar-refractivity contribution is 9.10. The van der Waals surface area contributed by atoms with Crippen molar-refractivity contribution in [2.24, 2.45) is 5.92 Å². The Labute approximate surface area is 102 Å². The van der Waals surface area contributed by atoms with Gasteiger partial charge in [-0.15, -0.1) is 0 Å². The standard InChI is InChI=1S/C11H13BrFNO2/c1-7(2)6-16-14-11(15)8-3-4-10(13)9(12)5-8/h3-5,7H,6H2,1-2H3,(H,14,15). The van der Waals surface area contributed by atoms with Crippen LogP contribution < -0.4 is 5.48 Å². The van der Waals surface area contributed by atoms with Gasteiger partial charge in [0.2, 0.25) is 0 Å². The van der Waals surface area contributed by atoms with Gasteiger partial charge in [-0.05, 0) is 40.0 Å². The molecule has 1 amide bonds. The molecule has 0 spiro atoms. The van der Waals surface area contributed by atoms with Crippen LogP contribution in [0, 0.1) is 11.7 Å². The number of rotatable bonds is 4. The number of hydroxylamine groups is 1. The Morgan fingerprint density at radius 1 is 1.56 bits per heavy atom. The van der Waals surface area contributed by atoms with Crippen molar-refractivity contribution >= 4 is 21.8 Å². The Hall–Kier alpha value is -0.940. The van der Waals surface area contributed by atoms with Crippen molar-refractivity contribution in [2.45, 2.75) is 13.8 Å². The molecule has 0 fully saturated rings. The largest absolute Gasteiger partial charge is 0.274 e. The first-order valence-corrected chi connectivity index (χ1v) is 5.67. The molecule has 5 heteroatoms. The third-order valence-corrected chi connectivity index (χ3v) is 2.37. The third-order valence-electron chi connectivity index (χ3n) is 1.76. The highest BCUT2D eigenvalue weighted by Gasteiger charge is 2.08. The van der Waals surface area contributed by atoms with E-state index in [1.165, 1.54) is 18.2 Å². The van der Waals surface area contributed by atoms with Gasteiger partial charge in [-0.2, -0.15) is 0 Å². The SMILES string of the molecule is CC(C)CONC(=O)c1ccc(F)c(Br)c1. The van der Waals surface area contributed by atoms with E-state index < -0.39 is 5.82 Å². The fourth-order valence-corrected chi connectivity index (χ4v) is 1.35. The first kappa shape index (κ1) is 13.1. The number of amides is 1. The van der Waals surface area contributed by atoms with Gasteiger partial charge >= 0.3 is 0 Å². The van der Waals surface area contributed by atoms with E-state index in [0.29, 0.717) is 18.1 Å². The molecule has 1 aromatic rings. The lowest BCUT2D eigenvalue weighted by Gasteiger charge is -2.08. The molecule has 88 valence electrons. The zero-order chi connectivity index (χ0) is 12.1. The Kier molecular flexibility index (Phi) is 4.89. The van der Waals surface area contributed by atoms with E-state index in [1.54, 1.807) is 0 Å². The molecular weight excluding hydrogens is 277 g/mol. The molecule has 16 heavy (non-hydrogen) atoms. The van der Waals surface area contributed by atoms with Gasteiger partial charge in [-0.1, -0.05) is 13.8 Å². The number of carbonyl (C=O) groups excluding carboxylic acids is 1. The predicted octanol–water partition coefficient (Wildman–Crippen LogP) is 2.91. The maximum absolute atomic E-state index is 12.9. The predicted molar refractivity (Wildman–Crippen MR) is 62.4 cm³/mol. The summed E-state index contributed by atoms with van der Waals surface area (Å²) in [4.78, 5) is 16.5. The molecule has 0 radical (unpaired) electrons. The summed E-state index contributed by atoms with van der Waals surface area (Å²) >= 11 is 3.01. The first-order valence-electron chi connectivity index (χ1n) is 4.88. The topological polar surface area (TPSA) is 38.3 Å². The highest BCUT2D eigenvalue weighted by atomic mass is 79.9. The highest BCUT2D eigenvalue weighted by Crippen LogP contribution is 2.16. The number of carbonyl (C=O) groups is 1. The summed E-state index contributed by atoms with van der Waals surface area (Å²) in [5.74, 6) is -0.457. The van der Waals surface area contributed by atoms with E-state index in [4.69, 9.17) is 4.84 Å². The fraction of sp³-hybridized carbons (Fsp3) is 0.364. The average Bonchev–Trinajstić information content (AvgIpc) is 2.21. The lowest BCUT2D eigenvalue weighted by atomic mass is 10.2. The van der Waals surface area contributed by atoms with Crippen LogP contribution in [0.25, 0.3) is 0 Å². The molecule has 1 N–H and O–H groups in total. The molecule has 1 rings (SSSR count). The van der Waals surface area contributed by atoms with E-state index in [1.807, 2.05) is 13.8 Å². The Balaban J connectivity index is 2.56. The summed E-state index contributed by atoms with van der Waals surface area (Å²) in [6.07, 6.45) is 0. The summed E-state index contributed by atoms with van der Waals surface area (Å²) in [6, 6.07) is 4.03. The maximum Gasteiger partial charge on any atom is 0.274 e. The van der Waals surface area contributed by atoms with Gasteiger partial charge in [0.15, 0.2) is 0 Å². The van der Waals surface area contributed by atoms with Gasteiger partial charge in [-0.3, -0.25) is 9.63 Å². The minimum Gasteiger partial charge on any atom is -0.273 e. The van der Waals surface area contributed by atoms with Crippen LogP contribution in [-0.2, 0) is 4.84 Å². The Morgan fingerprint density at radius 2 is 2.25 bits per heavy atom. The Morgan fingerprint density at radius 3 is 2.81 bits per heavy atom. The van der Waals surface area contributed by atoms with E-state index >= 15 is 0 Å². The first-order chi connectivity index (χ1) is 7.50. The van der Waals surface area contributed by atoms with E-state index in [2.05, 4.69) is 21.4 Å². The van der Waals surface area contributed by atoms with Gasteiger partial charge in [0.05, 0.1) is 11.1 Å². The van der Waals surface area contributed by atoms with Crippen LogP contribution in [-0.4, -0.2) is 12.5 Å². The number of hydrogen-bond donors (Lipinski definition) is 1. The minimum absolute atomic E-state index is 0.254. The lowest BCUT2D eigenvalue weighted by Crippen LogP contribution is -2.25. The van der Waals surface area contributed by atoms with Gasteiger partial charge in [0.25, 0.3) is 5.91 Å². The summed E-state index contributed by atoms with van der Waals surface area (Å²) in [5, 5.41) is 0. The maximum atomic E-state index is 12.9. The average molecular weight is 290 g/mol. The number of halogens is 2. The quantitative estimate of drug-likeness (QED) is 0.866. The van der Waals surface area contributed by atoms with Crippen molar-refractivity contribution < 1.29 is 14.0 Å². The number of hydrogen-bond acceptors (Lipinski definition) is 2. The normalized spacial score (nSPS) is 10.6. The molecule has 0 aliphatic heterocycles. The molecule has 0 atom stereocenters. The zero-order valence-corrected chi connectivity index (χ0v) is 10.7. The molecule has 0 heterocycles. The van der Waals surface area contributed by atoms with Crippen molar-refractivity contribution in [1.29, 1.82) is 0 Å². The second-order valence-corrected chi connectivity index (χ2v) is 4.62. The van der Waals surface area contributed by atoms with Crippen LogP contribution in [0.5, 0.6) is 0 Å². The monoisotopic (exact) mass is 289 g/mol. The van der Waals surface area contributed by atoms with Gasteiger partial charge < -0.3 is 0 Å². The molecule has 1 aromatic carbocycles. The van der Waals surface area contributed by atoms with Crippen molar-refractivity contribution in [3.05, 3.63) is 34.1 Å². The molecule has 0 unspecified atom stereocenters. The number of nitrogens with one attached hydrogen (secondary N) is 1. The molecular formula is C11H13BrFNO2. The molecule has 0 bridgehead atoms. The van der Waals surface area contributed by atoms with Crippen LogP contribution in [0.2, 0.25) is 0 Å². The third kappa shape index (κ3) is 3.90. The van der Waals surface area contributed by atoms with Crippen molar-refractivity contribution in [3.63, 3.8) is 0 Å². The molecule has 0 aliphatic rings. The van der Waals surface area contributed by atoms with Crippen LogP contribution in [0.3, 0.4) is 0 Å². The fourth-order valence-electron chi connectivity index (χ4n) is 0.970. The minimum atomic E-state index is -0.403. The molecule has 0 saturated carbocycles. The molecule has 0 aliphatic carbocycles.